The van der Waals surface area contributed by atoms with E-state index in [1.54, 1.807) is 0 Å². The van der Waals surface area contributed by atoms with E-state index in [2.05, 4.69) is 118 Å². The molecule has 1 unspecified atom stereocenters. The van der Waals surface area contributed by atoms with Gasteiger partial charge in [-0.1, -0.05) is 266 Å². The van der Waals surface area contributed by atoms with Gasteiger partial charge in [0.2, 0.25) is 0 Å². The summed E-state index contributed by atoms with van der Waals surface area (Å²) in [4.78, 5) is 38.1. The first kappa shape index (κ1) is 69.3. The summed E-state index contributed by atoms with van der Waals surface area (Å²) in [5, 5.41) is 0. The van der Waals surface area contributed by atoms with Gasteiger partial charge in [-0.25, -0.2) is 0 Å². The summed E-state index contributed by atoms with van der Waals surface area (Å²) >= 11 is 0. The molecule has 0 rings (SSSR count). The van der Waals surface area contributed by atoms with Gasteiger partial charge in [-0.2, -0.15) is 0 Å². The number of rotatable bonds is 55. The van der Waals surface area contributed by atoms with E-state index in [4.69, 9.17) is 14.2 Å². The van der Waals surface area contributed by atoms with Crippen molar-refractivity contribution in [2.75, 3.05) is 13.2 Å². The third kappa shape index (κ3) is 59.1. The molecule has 0 aliphatic rings. The molecule has 6 heteroatoms. The fourth-order valence-electron chi connectivity index (χ4n) is 8.48. The van der Waals surface area contributed by atoms with Crippen LogP contribution in [0.1, 0.15) is 290 Å². The third-order valence-corrected chi connectivity index (χ3v) is 13.1. The van der Waals surface area contributed by atoms with E-state index >= 15 is 0 Å². The molecule has 0 aromatic heterocycles. The number of ether oxygens (including phenoxy) is 3. The second-order valence-corrected chi connectivity index (χ2v) is 20.2. The number of allylic oxidation sites excluding steroid dienone is 16. The van der Waals surface area contributed by atoms with Crippen molar-refractivity contribution < 1.29 is 28.6 Å². The van der Waals surface area contributed by atoms with Gasteiger partial charge in [0.25, 0.3) is 0 Å². The van der Waals surface area contributed by atoms with Gasteiger partial charge in [-0.3, -0.25) is 14.4 Å². The van der Waals surface area contributed by atoms with Crippen molar-refractivity contribution in [2.45, 2.75) is 297 Å². The molecule has 0 amide bonds. The topological polar surface area (TPSA) is 78.9 Å². The predicted molar refractivity (Wildman–Crippen MR) is 316 cm³/mol. The quantitative estimate of drug-likeness (QED) is 0.0261. The van der Waals surface area contributed by atoms with Crippen molar-refractivity contribution in [3.05, 3.63) is 97.2 Å². The number of esters is 3. The van der Waals surface area contributed by atoms with Crippen molar-refractivity contribution in [3.8, 4) is 0 Å². The highest BCUT2D eigenvalue weighted by molar-refractivity contribution is 5.71. The van der Waals surface area contributed by atoms with Crippen LogP contribution in [-0.2, 0) is 28.6 Å². The summed E-state index contributed by atoms with van der Waals surface area (Å²) < 4.78 is 16.8. The number of carbonyl (C=O) groups is 3. The molecule has 0 bridgehead atoms. The average Bonchev–Trinajstić information content (AvgIpc) is 3.39. The predicted octanol–water partition coefficient (Wildman–Crippen LogP) is 20.9. The van der Waals surface area contributed by atoms with Crippen LogP contribution in [0.15, 0.2) is 97.2 Å². The van der Waals surface area contributed by atoms with Gasteiger partial charge in [0.15, 0.2) is 6.10 Å². The Morgan fingerprint density at radius 3 is 0.863 bits per heavy atom. The normalized spacial score (nSPS) is 12.8. The smallest absolute Gasteiger partial charge is 0.306 e. The summed E-state index contributed by atoms with van der Waals surface area (Å²) in [5.74, 6) is -0.920. The van der Waals surface area contributed by atoms with Gasteiger partial charge in [-0.15, -0.1) is 0 Å². The van der Waals surface area contributed by atoms with Crippen molar-refractivity contribution in [1.82, 2.24) is 0 Å². The van der Waals surface area contributed by atoms with Crippen LogP contribution in [-0.4, -0.2) is 37.2 Å². The zero-order valence-electron chi connectivity index (χ0n) is 47.9. The first-order valence-electron chi connectivity index (χ1n) is 30.7. The molecule has 0 heterocycles. The lowest BCUT2D eigenvalue weighted by molar-refractivity contribution is -0.167. The van der Waals surface area contributed by atoms with Crippen molar-refractivity contribution in [1.29, 1.82) is 0 Å². The Morgan fingerprint density at radius 2 is 0.534 bits per heavy atom. The number of carbonyl (C=O) groups excluding carboxylic acids is 3. The van der Waals surface area contributed by atoms with Gasteiger partial charge in [0.05, 0.1) is 0 Å². The van der Waals surface area contributed by atoms with E-state index in [1.165, 1.54) is 141 Å². The van der Waals surface area contributed by atoms with Crippen molar-refractivity contribution in [2.24, 2.45) is 0 Å². The molecular weight excluding hydrogens is 901 g/mol. The highest BCUT2D eigenvalue weighted by atomic mass is 16.6. The molecule has 0 aliphatic carbocycles. The summed E-state index contributed by atoms with van der Waals surface area (Å²) in [6.07, 6.45) is 81.3. The minimum atomic E-state index is -0.791. The Labute approximate surface area is 451 Å². The molecular formula is C67H114O6. The molecule has 73 heavy (non-hydrogen) atoms. The van der Waals surface area contributed by atoms with E-state index in [1.807, 2.05) is 0 Å². The Hall–Kier alpha value is -3.67. The summed E-state index contributed by atoms with van der Waals surface area (Å²) in [7, 11) is 0. The number of hydrogen-bond donors (Lipinski definition) is 0. The molecule has 6 nitrogen and oxygen atoms in total. The number of unbranched alkanes of at least 4 members (excludes halogenated alkanes) is 28. The lowest BCUT2D eigenvalue weighted by Gasteiger charge is -2.18. The SMILES string of the molecule is CC/C=C\C/C=C\C/C=C\C/C=C\C/C=C\C/C=C\C/C=C\CCCCCC(=O)OCC(COC(=O)CCCCCCCCCCC)OC(=O)CCCCCCCCCCC/C=C\CCCCCCCCCC. The maximum atomic E-state index is 12.9. The highest BCUT2D eigenvalue weighted by Crippen LogP contribution is 2.15. The van der Waals surface area contributed by atoms with Crippen molar-refractivity contribution >= 4 is 17.9 Å². The van der Waals surface area contributed by atoms with Gasteiger partial charge in [-0.05, 0) is 103 Å². The molecule has 0 N–H and O–H groups in total. The van der Waals surface area contributed by atoms with Gasteiger partial charge in [0.1, 0.15) is 13.2 Å². The van der Waals surface area contributed by atoms with Crippen LogP contribution in [0.3, 0.4) is 0 Å². The van der Waals surface area contributed by atoms with E-state index in [9.17, 15) is 14.4 Å². The lowest BCUT2D eigenvalue weighted by atomic mass is 10.1. The second-order valence-electron chi connectivity index (χ2n) is 20.2. The Balaban J connectivity index is 4.32. The number of hydrogen-bond acceptors (Lipinski definition) is 6. The maximum Gasteiger partial charge on any atom is 0.306 e. The first-order valence-corrected chi connectivity index (χ1v) is 30.7. The van der Waals surface area contributed by atoms with Crippen LogP contribution in [0.2, 0.25) is 0 Å². The Kier molecular flexibility index (Phi) is 57.8. The fraction of sp³-hybridized carbons (Fsp3) is 0.716. The van der Waals surface area contributed by atoms with E-state index in [0.717, 1.165) is 109 Å². The molecule has 418 valence electrons. The largest absolute Gasteiger partial charge is 0.462 e. The van der Waals surface area contributed by atoms with Crippen LogP contribution in [0, 0.1) is 0 Å². The van der Waals surface area contributed by atoms with Crippen LogP contribution in [0.5, 0.6) is 0 Å². The van der Waals surface area contributed by atoms with E-state index in [0.29, 0.717) is 19.3 Å². The molecule has 1 atom stereocenters. The zero-order chi connectivity index (χ0) is 52.9. The standard InChI is InChI=1S/C67H114O6/c1-4-7-10-13-16-19-21-23-25-27-29-31-32-33-34-36-37-39-41-43-45-48-51-54-57-60-66(69)72-63-64(62-71-65(68)59-56-53-50-47-18-15-12-9-6-3)73-67(70)61-58-55-52-49-46-44-42-40-38-35-30-28-26-24-22-20-17-14-11-8-5-2/h7,10,16,19,23,25,28-31,33-34,37,39,43,45,64H,4-6,8-9,11-15,17-18,20-22,24,26-27,32,35-36,38,40-42,44,46-63H2,1-3H3/b10-7-,19-16-,25-23-,30-28-,31-29-,34-33-,39-37-,45-43-. The molecule has 0 fully saturated rings. The summed E-state index contributed by atoms with van der Waals surface area (Å²) in [6, 6.07) is 0. The maximum absolute atomic E-state index is 12.9. The molecule has 0 saturated carbocycles. The molecule has 0 aliphatic heterocycles. The first-order chi connectivity index (χ1) is 36.0. The van der Waals surface area contributed by atoms with Gasteiger partial charge < -0.3 is 14.2 Å². The van der Waals surface area contributed by atoms with E-state index < -0.39 is 6.10 Å². The van der Waals surface area contributed by atoms with Gasteiger partial charge in [0, 0.05) is 19.3 Å². The van der Waals surface area contributed by atoms with Crippen molar-refractivity contribution in [3.63, 3.8) is 0 Å². The zero-order valence-corrected chi connectivity index (χ0v) is 47.9. The van der Waals surface area contributed by atoms with Crippen LogP contribution in [0.25, 0.3) is 0 Å². The summed E-state index contributed by atoms with van der Waals surface area (Å²) in [6.45, 7) is 6.49. The second kappa shape index (κ2) is 60.9. The monoisotopic (exact) mass is 1010 g/mol. The molecule has 0 saturated heterocycles. The lowest BCUT2D eigenvalue weighted by Crippen LogP contribution is -2.30. The molecule has 0 aromatic carbocycles. The Morgan fingerprint density at radius 1 is 0.288 bits per heavy atom. The third-order valence-electron chi connectivity index (χ3n) is 13.1. The molecule has 0 aromatic rings. The van der Waals surface area contributed by atoms with E-state index in [-0.39, 0.29) is 31.1 Å². The van der Waals surface area contributed by atoms with Crippen LogP contribution >= 0.6 is 0 Å². The highest BCUT2D eigenvalue weighted by Gasteiger charge is 2.19. The van der Waals surface area contributed by atoms with Crippen LogP contribution < -0.4 is 0 Å². The summed E-state index contributed by atoms with van der Waals surface area (Å²) in [5.41, 5.74) is 0. The molecule has 0 radical (unpaired) electrons. The minimum absolute atomic E-state index is 0.0875. The minimum Gasteiger partial charge on any atom is -0.462 e. The Bertz CT molecular complexity index is 1440. The molecule has 0 spiro atoms. The average molecular weight is 1020 g/mol. The van der Waals surface area contributed by atoms with Crippen LogP contribution in [0.4, 0.5) is 0 Å². The van der Waals surface area contributed by atoms with Gasteiger partial charge >= 0.3 is 17.9 Å². The fourth-order valence-corrected chi connectivity index (χ4v) is 8.48.